The van der Waals surface area contributed by atoms with Gasteiger partial charge < -0.3 is 5.32 Å². The highest BCUT2D eigenvalue weighted by atomic mass is 14.9. The highest BCUT2D eigenvalue weighted by Crippen LogP contribution is 2.15. The van der Waals surface area contributed by atoms with Gasteiger partial charge in [0.15, 0.2) is 0 Å². The van der Waals surface area contributed by atoms with E-state index in [1.807, 2.05) is 0 Å². The average molecular weight is 261 g/mol. The van der Waals surface area contributed by atoms with E-state index in [4.69, 9.17) is 0 Å². The molecule has 1 nitrogen and oxygen atoms in total. The van der Waals surface area contributed by atoms with Gasteiger partial charge in [0, 0.05) is 6.04 Å². The molecule has 1 heteroatoms. The van der Waals surface area contributed by atoms with Crippen LogP contribution in [0, 0.1) is 19.8 Å². The number of nitrogens with one attached hydrogen (secondary N) is 1. The monoisotopic (exact) mass is 261 g/mol. The third-order valence-corrected chi connectivity index (χ3v) is 3.88. The molecule has 1 unspecified atom stereocenters. The maximum Gasteiger partial charge on any atom is 0.0107 e. The number of rotatable bonds is 8. The molecule has 1 N–H and O–H groups in total. The van der Waals surface area contributed by atoms with Crippen molar-refractivity contribution in [2.75, 3.05) is 6.54 Å². The Hall–Kier alpha value is -0.820. The Morgan fingerprint density at radius 3 is 2.37 bits per heavy atom. The van der Waals surface area contributed by atoms with E-state index in [0.717, 1.165) is 18.9 Å². The van der Waals surface area contributed by atoms with Crippen LogP contribution in [0.3, 0.4) is 0 Å². The lowest BCUT2D eigenvalue weighted by atomic mass is 9.96. The Balaban J connectivity index is 2.54. The summed E-state index contributed by atoms with van der Waals surface area (Å²) in [6.45, 7) is 12.3. The van der Waals surface area contributed by atoms with Crippen LogP contribution in [-0.4, -0.2) is 12.6 Å². The minimum atomic E-state index is 0.630. The molecule has 0 radical (unpaired) electrons. The molecule has 1 rings (SSSR count). The predicted molar refractivity (Wildman–Crippen MR) is 85.8 cm³/mol. The van der Waals surface area contributed by atoms with E-state index in [0.29, 0.717) is 6.04 Å². The lowest BCUT2D eigenvalue weighted by molar-refractivity contribution is 0.442. The number of hydrogen-bond acceptors (Lipinski definition) is 1. The molecule has 0 saturated carbocycles. The van der Waals surface area contributed by atoms with Crippen molar-refractivity contribution in [1.82, 2.24) is 5.32 Å². The first-order valence-corrected chi connectivity index (χ1v) is 7.82. The maximum atomic E-state index is 3.64. The van der Waals surface area contributed by atoms with Crippen molar-refractivity contribution < 1.29 is 0 Å². The van der Waals surface area contributed by atoms with Crippen LogP contribution in [0.2, 0.25) is 0 Å². The van der Waals surface area contributed by atoms with E-state index in [9.17, 15) is 0 Å². The summed E-state index contributed by atoms with van der Waals surface area (Å²) in [5.41, 5.74) is 4.28. The largest absolute Gasteiger partial charge is 0.314 e. The molecule has 1 aromatic rings. The minimum Gasteiger partial charge on any atom is -0.314 e. The topological polar surface area (TPSA) is 12.0 Å². The molecule has 0 aromatic heterocycles. The fourth-order valence-corrected chi connectivity index (χ4v) is 2.55. The molecule has 0 amide bonds. The van der Waals surface area contributed by atoms with Crippen molar-refractivity contribution in [3.05, 3.63) is 34.9 Å². The van der Waals surface area contributed by atoms with Crippen LogP contribution in [0.5, 0.6) is 0 Å². The number of hydrogen-bond donors (Lipinski definition) is 1. The van der Waals surface area contributed by atoms with Gasteiger partial charge in [0.1, 0.15) is 0 Å². The molecule has 108 valence electrons. The van der Waals surface area contributed by atoms with Gasteiger partial charge in [-0.2, -0.15) is 0 Å². The zero-order chi connectivity index (χ0) is 14.3. The number of benzene rings is 1. The van der Waals surface area contributed by atoms with Gasteiger partial charge in [-0.3, -0.25) is 0 Å². The van der Waals surface area contributed by atoms with Crippen molar-refractivity contribution in [3.8, 4) is 0 Å². The van der Waals surface area contributed by atoms with Gasteiger partial charge in [0.05, 0.1) is 0 Å². The predicted octanol–water partition coefficient (Wildman–Crippen LogP) is 4.65. The van der Waals surface area contributed by atoms with Crippen molar-refractivity contribution >= 4 is 0 Å². The molecular weight excluding hydrogens is 230 g/mol. The van der Waals surface area contributed by atoms with E-state index in [1.165, 1.54) is 36.0 Å². The Kier molecular flexibility index (Phi) is 7.15. The standard InChI is InChI=1S/C18H31N/c1-6-19-18(9-7-8-14(2)3)13-17-11-10-15(4)16(5)12-17/h10-12,14,18-19H,6-9,13H2,1-5H3. The van der Waals surface area contributed by atoms with Crippen molar-refractivity contribution in [2.45, 2.75) is 66.3 Å². The number of likely N-dealkylation sites (N-methyl/N-ethyl adjacent to an activating group) is 1. The fourth-order valence-electron chi connectivity index (χ4n) is 2.55. The summed E-state index contributed by atoms with van der Waals surface area (Å²) in [5.74, 6) is 0.823. The normalized spacial score (nSPS) is 12.9. The van der Waals surface area contributed by atoms with Gasteiger partial charge in [-0.05, 0) is 55.8 Å². The molecule has 0 aliphatic heterocycles. The summed E-state index contributed by atoms with van der Waals surface area (Å²) in [7, 11) is 0. The molecule has 0 fully saturated rings. The average Bonchev–Trinajstić information content (AvgIpc) is 2.33. The van der Waals surface area contributed by atoms with Crippen molar-refractivity contribution in [3.63, 3.8) is 0 Å². The van der Waals surface area contributed by atoms with Gasteiger partial charge in [0.25, 0.3) is 0 Å². The molecular formula is C18H31N. The summed E-state index contributed by atoms with van der Waals surface area (Å²) >= 11 is 0. The second-order valence-electron chi connectivity index (χ2n) is 6.20. The Bertz CT molecular complexity index is 368. The van der Waals surface area contributed by atoms with Crippen LogP contribution in [0.15, 0.2) is 18.2 Å². The number of aryl methyl sites for hydroxylation is 2. The zero-order valence-corrected chi connectivity index (χ0v) is 13.4. The van der Waals surface area contributed by atoms with Gasteiger partial charge in [0.2, 0.25) is 0 Å². The van der Waals surface area contributed by atoms with Gasteiger partial charge in [-0.1, -0.05) is 51.8 Å². The summed E-state index contributed by atoms with van der Waals surface area (Å²) in [6, 6.07) is 7.52. The second kappa shape index (κ2) is 8.37. The highest BCUT2D eigenvalue weighted by Gasteiger charge is 2.09. The molecule has 19 heavy (non-hydrogen) atoms. The lowest BCUT2D eigenvalue weighted by Gasteiger charge is -2.19. The van der Waals surface area contributed by atoms with Crippen molar-refractivity contribution in [2.24, 2.45) is 5.92 Å². The molecule has 0 saturated heterocycles. The van der Waals surface area contributed by atoms with Gasteiger partial charge in [-0.15, -0.1) is 0 Å². The van der Waals surface area contributed by atoms with Gasteiger partial charge in [-0.25, -0.2) is 0 Å². The van der Waals surface area contributed by atoms with E-state index < -0.39 is 0 Å². The first-order chi connectivity index (χ1) is 9.02. The van der Waals surface area contributed by atoms with Crippen LogP contribution in [-0.2, 0) is 6.42 Å². The van der Waals surface area contributed by atoms with E-state index in [2.05, 4.69) is 58.1 Å². The Labute approximate surface area is 119 Å². The molecule has 0 heterocycles. The van der Waals surface area contributed by atoms with E-state index in [-0.39, 0.29) is 0 Å². The quantitative estimate of drug-likeness (QED) is 0.718. The van der Waals surface area contributed by atoms with Crippen molar-refractivity contribution in [1.29, 1.82) is 0 Å². The summed E-state index contributed by atoms with van der Waals surface area (Å²) < 4.78 is 0. The highest BCUT2D eigenvalue weighted by molar-refractivity contribution is 5.30. The first-order valence-electron chi connectivity index (χ1n) is 7.82. The fraction of sp³-hybridized carbons (Fsp3) is 0.667. The molecule has 0 bridgehead atoms. The summed E-state index contributed by atoms with van der Waals surface area (Å²) in [6.07, 6.45) is 5.13. The smallest absolute Gasteiger partial charge is 0.0107 e. The van der Waals surface area contributed by atoms with Crippen LogP contribution in [0.25, 0.3) is 0 Å². The van der Waals surface area contributed by atoms with Gasteiger partial charge >= 0.3 is 0 Å². The summed E-state index contributed by atoms with van der Waals surface area (Å²) in [5, 5.41) is 3.64. The van der Waals surface area contributed by atoms with Crippen LogP contribution >= 0.6 is 0 Å². The molecule has 0 spiro atoms. The molecule has 0 aliphatic rings. The van der Waals surface area contributed by atoms with E-state index >= 15 is 0 Å². The van der Waals surface area contributed by atoms with Crippen LogP contribution < -0.4 is 5.32 Å². The first kappa shape index (κ1) is 16.2. The third kappa shape index (κ3) is 6.24. The van der Waals surface area contributed by atoms with Crippen LogP contribution in [0.1, 0.15) is 56.7 Å². The molecule has 0 aliphatic carbocycles. The van der Waals surface area contributed by atoms with Crippen LogP contribution in [0.4, 0.5) is 0 Å². The third-order valence-electron chi connectivity index (χ3n) is 3.88. The molecule has 1 atom stereocenters. The second-order valence-corrected chi connectivity index (χ2v) is 6.20. The minimum absolute atomic E-state index is 0.630. The summed E-state index contributed by atoms with van der Waals surface area (Å²) in [4.78, 5) is 0. The SMILES string of the molecule is CCNC(CCCC(C)C)Cc1ccc(C)c(C)c1. The lowest BCUT2D eigenvalue weighted by Crippen LogP contribution is -2.31. The Morgan fingerprint density at radius 2 is 1.79 bits per heavy atom. The maximum absolute atomic E-state index is 3.64. The molecule has 1 aromatic carbocycles. The van der Waals surface area contributed by atoms with E-state index in [1.54, 1.807) is 0 Å². The zero-order valence-electron chi connectivity index (χ0n) is 13.4. The Morgan fingerprint density at radius 1 is 1.05 bits per heavy atom.